The molecule has 62 valence electrons. The zero-order chi connectivity index (χ0) is 8.72. The smallest absolute Gasteiger partial charge is 0.160 e. The summed E-state index contributed by atoms with van der Waals surface area (Å²) >= 11 is 7.79. The predicted molar refractivity (Wildman–Crippen MR) is 53.8 cm³/mol. The van der Waals surface area contributed by atoms with Crippen molar-refractivity contribution in [2.75, 3.05) is 0 Å². The lowest BCUT2D eigenvalue weighted by atomic mass is 10.3. The van der Waals surface area contributed by atoms with E-state index in [1.54, 1.807) is 6.07 Å². The molecular formula is C7H3ClFIN2. The van der Waals surface area contributed by atoms with Gasteiger partial charge in [0.25, 0.3) is 0 Å². The topological polar surface area (TPSA) is 28.7 Å². The molecule has 0 aliphatic carbocycles. The number of halogens is 3. The van der Waals surface area contributed by atoms with Gasteiger partial charge in [-0.1, -0.05) is 11.6 Å². The number of rotatable bonds is 0. The van der Waals surface area contributed by atoms with Crippen molar-refractivity contribution >= 4 is 45.2 Å². The van der Waals surface area contributed by atoms with E-state index in [0.29, 0.717) is 11.0 Å². The van der Waals surface area contributed by atoms with Gasteiger partial charge in [-0.15, -0.1) is 0 Å². The van der Waals surface area contributed by atoms with E-state index in [0.717, 1.165) is 9.90 Å². The molecule has 1 N–H and O–H groups in total. The quantitative estimate of drug-likeness (QED) is 0.744. The standard InChI is InChI=1S/C7H3ClFIN2/c8-6-3-1-5(10)12-7(3)11-2-4(6)9/h1-2H,(H,11,12). The average molecular weight is 296 g/mol. The fourth-order valence-electron chi connectivity index (χ4n) is 0.987. The summed E-state index contributed by atoms with van der Waals surface area (Å²) in [6.07, 6.45) is 1.11. The second-order valence-electron chi connectivity index (χ2n) is 2.30. The summed E-state index contributed by atoms with van der Waals surface area (Å²) in [4.78, 5) is 6.79. The number of aromatic nitrogens is 2. The molecule has 12 heavy (non-hydrogen) atoms. The largest absolute Gasteiger partial charge is 0.335 e. The number of hydrogen-bond donors (Lipinski definition) is 1. The number of aromatic amines is 1. The molecule has 2 rings (SSSR count). The summed E-state index contributed by atoms with van der Waals surface area (Å²) in [6, 6.07) is 1.76. The van der Waals surface area contributed by atoms with E-state index in [1.807, 2.05) is 0 Å². The van der Waals surface area contributed by atoms with Crippen LogP contribution in [0.5, 0.6) is 0 Å². The van der Waals surface area contributed by atoms with Gasteiger partial charge in [0.05, 0.1) is 14.9 Å². The molecule has 0 aromatic carbocycles. The summed E-state index contributed by atoms with van der Waals surface area (Å²) in [6.45, 7) is 0. The third kappa shape index (κ3) is 1.19. The first-order valence-corrected chi connectivity index (χ1v) is 4.62. The van der Waals surface area contributed by atoms with E-state index < -0.39 is 5.82 Å². The van der Waals surface area contributed by atoms with E-state index in [1.165, 1.54) is 0 Å². The Morgan fingerprint density at radius 1 is 1.58 bits per heavy atom. The maximum Gasteiger partial charge on any atom is 0.160 e. The second-order valence-corrected chi connectivity index (χ2v) is 3.84. The van der Waals surface area contributed by atoms with Crippen LogP contribution in [-0.2, 0) is 0 Å². The van der Waals surface area contributed by atoms with Crippen LogP contribution in [0, 0.1) is 9.52 Å². The molecular weight excluding hydrogens is 293 g/mol. The van der Waals surface area contributed by atoms with E-state index in [2.05, 4.69) is 32.6 Å². The summed E-state index contributed by atoms with van der Waals surface area (Å²) in [7, 11) is 0. The van der Waals surface area contributed by atoms with E-state index in [4.69, 9.17) is 11.6 Å². The maximum atomic E-state index is 12.8. The highest BCUT2D eigenvalue weighted by atomic mass is 127. The van der Waals surface area contributed by atoms with Gasteiger partial charge < -0.3 is 4.98 Å². The zero-order valence-corrected chi connectivity index (χ0v) is 8.65. The lowest BCUT2D eigenvalue weighted by molar-refractivity contribution is 0.624. The molecule has 2 heterocycles. The Morgan fingerprint density at radius 2 is 2.33 bits per heavy atom. The van der Waals surface area contributed by atoms with Crippen LogP contribution in [0.25, 0.3) is 11.0 Å². The second kappa shape index (κ2) is 2.85. The number of nitrogens with zero attached hydrogens (tertiary/aromatic N) is 1. The molecule has 0 amide bonds. The number of H-pyrrole nitrogens is 1. The van der Waals surface area contributed by atoms with Crippen LogP contribution in [0.1, 0.15) is 0 Å². The van der Waals surface area contributed by atoms with Crippen molar-refractivity contribution in [1.29, 1.82) is 0 Å². The third-order valence-corrected chi connectivity index (χ3v) is 2.48. The van der Waals surface area contributed by atoms with E-state index in [9.17, 15) is 4.39 Å². The van der Waals surface area contributed by atoms with Crippen molar-refractivity contribution in [3.63, 3.8) is 0 Å². The first-order chi connectivity index (χ1) is 5.68. The molecule has 0 aliphatic rings. The zero-order valence-electron chi connectivity index (χ0n) is 5.74. The van der Waals surface area contributed by atoms with Crippen molar-refractivity contribution in [3.8, 4) is 0 Å². The summed E-state index contributed by atoms with van der Waals surface area (Å²) < 4.78 is 13.7. The Hall–Kier alpha value is -0.360. The summed E-state index contributed by atoms with van der Waals surface area (Å²) in [5, 5.41) is 0.750. The van der Waals surface area contributed by atoms with Crippen LogP contribution in [0.2, 0.25) is 5.02 Å². The molecule has 0 saturated heterocycles. The van der Waals surface area contributed by atoms with Crippen molar-refractivity contribution < 1.29 is 4.39 Å². The molecule has 2 aromatic heterocycles. The minimum atomic E-state index is -0.487. The van der Waals surface area contributed by atoms with Gasteiger partial charge in [0.2, 0.25) is 0 Å². The third-order valence-electron chi connectivity index (χ3n) is 1.52. The van der Waals surface area contributed by atoms with Gasteiger partial charge in [0.15, 0.2) is 5.82 Å². The number of hydrogen-bond acceptors (Lipinski definition) is 1. The normalized spacial score (nSPS) is 10.9. The molecule has 0 atom stereocenters. The molecule has 0 unspecified atom stereocenters. The number of nitrogens with one attached hydrogen (secondary N) is 1. The van der Waals surface area contributed by atoms with Gasteiger partial charge in [0.1, 0.15) is 5.65 Å². The molecule has 0 radical (unpaired) electrons. The van der Waals surface area contributed by atoms with Gasteiger partial charge in [-0.05, 0) is 28.7 Å². The highest BCUT2D eigenvalue weighted by molar-refractivity contribution is 14.1. The SMILES string of the molecule is Fc1cnc2[nH]c(I)cc2c1Cl. The van der Waals surface area contributed by atoms with E-state index >= 15 is 0 Å². The Kier molecular flexibility index (Phi) is 1.96. The molecule has 0 bridgehead atoms. The maximum absolute atomic E-state index is 12.8. The summed E-state index contributed by atoms with van der Waals surface area (Å²) in [5.74, 6) is -0.487. The van der Waals surface area contributed by atoms with Crippen molar-refractivity contribution in [2.45, 2.75) is 0 Å². The molecule has 5 heteroatoms. The number of pyridine rings is 1. The highest BCUT2D eigenvalue weighted by Gasteiger charge is 2.07. The van der Waals surface area contributed by atoms with Gasteiger partial charge in [-0.25, -0.2) is 9.37 Å². The van der Waals surface area contributed by atoms with Gasteiger partial charge in [-0.3, -0.25) is 0 Å². The Labute approximate surface area is 86.3 Å². The first-order valence-electron chi connectivity index (χ1n) is 3.16. The lowest BCUT2D eigenvalue weighted by Crippen LogP contribution is -1.81. The summed E-state index contributed by atoms with van der Waals surface area (Å²) in [5.41, 5.74) is 0.616. The Morgan fingerprint density at radius 3 is 3.08 bits per heavy atom. The molecule has 2 nitrogen and oxygen atoms in total. The van der Waals surface area contributed by atoms with Crippen LogP contribution in [-0.4, -0.2) is 9.97 Å². The van der Waals surface area contributed by atoms with Crippen LogP contribution in [0.15, 0.2) is 12.3 Å². The minimum Gasteiger partial charge on any atom is -0.335 e. The van der Waals surface area contributed by atoms with Gasteiger partial charge in [-0.2, -0.15) is 0 Å². The number of fused-ring (bicyclic) bond motifs is 1. The van der Waals surface area contributed by atoms with E-state index in [-0.39, 0.29) is 5.02 Å². The minimum absolute atomic E-state index is 0.124. The van der Waals surface area contributed by atoms with Gasteiger partial charge >= 0.3 is 0 Å². The molecule has 0 spiro atoms. The monoisotopic (exact) mass is 296 g/mol. The lowest BCUT2D eigenvalue weighted by Gasteiger charge is -1.93. The van der Waals surface area contributed by atoms with Crippen LogP contribution in [0.4, 0.5) is 4.39 Å². The fourth-order valence-corrected chi connectivity index (χ4v) is 1.75. The van der Waals surface area contributed by atoms with Gasteiger partial charge in [0, 0.05) is 5.39 Å². The van der Waals surface area contributed by atoms with Crippen LogP contribution < -0.4 is 0 Å². The average Bonchev–Trinajstić information content (AvgIpc) is 2.39. The van der Waals surface area contributed by atoms with Crippen LogP contribution >= 0.6 is 34.2 Å². The molecule has 0 saturated carbocycles. The molecule has 0 aliphatic heterocycles. The van der Waals surface area contributed by atoms with Crippen molar-refractivity contribution in [1.82, 2.24) is 9.97 Å². The fraction of sp³-hybridized carbons (Fsp3) is 0. The first kappa shape index (κ1) is 8.25. The Bertz CT molecular complexity index is 440. The van der Waals surface area contributed by atoms with Crippen molar-refractivity contribution in [2.24, 2.45) is 0 Å². The molecule has 2 aromatic rings. The van der Waals surface area contributed by atoms with Crippen molar-refractivity contribution in [3.05, 3.63) is 26.8 Å². The predicted octanol–water partition coefficient (Wildman–Crippen LogP) is 2.96. The Balaban J connectivity index is 2.89. The highest BCUT2D eigenvalue weighted by Crippen LogP contribution is 2.25. The molecule has 0 fully saturated rings. The van der Waals surface area contributed by atoms with Crippen LogP contribution in [0.3, 0.4) is 0 Å².